The second kappa shape index (κ2) is 8.11. The van der Waals surface area contributed by atoms with Crippen LogP contribution in [-0.4, -0.2) is 37.1 Å². The SMILES string of the molecule is Nc1ccc(-c2cn(Cc3cc(C(=O)O)cc(-c4ccccc4C(=O)O)c3)nn2)cc1. The monoisotopic (exact) mass is 414 g/mol. The Bertz CT molecular complexity index is 1280. The van der Waals surface area contributed by atoms with Gasteiger partial charge in [-0.1, -0.05) is 35.5 Å². The number of benzene rings is 3. The standard InChI is InChI=1S/C23H18N4O4/c24-18-7-5-15(6-8-18)21-13-27(26-25-21)12-14-9-16(11-17(10-14)22(28)29)19-3-1-2-4-20(19)23(30)31/h1-11,13H,12,24H2,(H,28,29)(H,30,31). The molecule has 0 aliphatic rings. The van der Waals surface area contributed by atoms with Gasteiger partial charge in [0.2, 0.25) is 0 Å². The molecule has 0 amide bonds. The van der Waals surface area contributed by atoms with Gasteiger partial charge < -0.3 is 15.9 Å². The molecule has 0 saturated carbocycles. The molecule has 0 radical (unpaired) electrons. The maximum Gasteiger partial charge on any atom is 0.336 e. The zero-order valence-electron chi connectivity index (χ0n) is 16.3. The summed E-state index contributed by atoms with van der Waals surface area (Å²) in [4.78, 5) is 23.3. The van der Waals surface area contributed by atoms with Crippen LogP contribution >= 0.6 is 0 Å². The number of aromatic nitrogens is 3. The number of nitrogens with two attached hydrogens (primary N) is 1. The fourth-order valence-corrected chi connectivity index (χ4v) is 3.33. The van der Waals surface area contributed by atoms with Gasteiger partial charge >= 0.3 is 11.9 Å². The molecule has 4 N–H and O–H groups in total. The Balaban J connectivity index is 1.70. The number of carboxylic acids is 2. The molecular formula is C23H18N4O4. The summed E-state index contributed by atoms with van der Waals surface area (Å²) in [5.74, 6) is -2.18. The third kappa shape index (κ3) is 4.27. The lowest BCUT2D eigenvalue weighted by Crippen LogP contribution is -2.05. The van der Waals surface area contributed by atoms with Crippen molar-refractivity contribution in [1.29, 1.82) is 0 Å². The number of nitrogen functional groups attached to an aromatic ring is 1. The van der Waals surface area contributed by atoms with Crippen molar-refractivity contribution in [3.05, 3.63) is 89.6 Å². The quantitative estimate of drug-likeness (QED) is 0.410. The highest BCUT2D eigenvalue weighted by molar-refractivity contribution is 5.97. The summed E-state index contributed by atoms with van der Waals surface area (Å²) in [6.45, 7) is 0.269. The summed E-state index contributed by atoms with van der Waals surface area (Å²) in [7, 11) is 0. The fraction of sp³-hybridized carbons (Fsp3) is 0.0435. The van der Waals surface area contributed by atoms with Crippen molar-refractivity contribution < 1.29 is 19.8 Å². The van der Waals surface area contributed by atoms with Crippen LogP contribution < -0.4 is 5.73 Å². The summed E-state index contributed by atoms with van der Waals surface area (Å²) in [6.07, 6.45) is 1.75. The Kier molecular flexibility index (Phi) is 5.19. The zero-order valence-corrected chi connectivity index (χ0v) is 16.3. The highest BCUT2D eigenvalue weighted by Gasteiger charge is 2.15. The van der Waals surface area contributed by atoms with Crippen molar-refractivity contribution in [1.82, 2.24) is 15.0 Å². The third-order valence-corrected chi connectivity index (χ3v) is 4.80. The van der Waals surface area contributed by atoms with Crippen LogP contribution in [0.2, 0.25) is 0 Å². The molecule has 3 aromatic carbocycles. The lowest BCUT2D eigenvalue weighted by molar-refractivity contribution is 0.0687. The van der Waals surface area contributed by atoms with E-state index in [1.165, 1.54) is 12.1 Å². The van der Waals surface area contributed by atoms with Crippen molar-refractivity contribution in [3.8, 4) is 22.4 Å². The second-order valence-corrected chi connectivity index (χ2v) is 7.00. The molecule has 0 aliphatic heterocycles. The number of aromatic carboxylic acids is 2. The first-order valence-corrected chi connectivity index (χ1v) is 9.37. The largest absolute Gasteiger partial charge is 0.478 e. The number of hydrogen-bond acceptors (Lipinski definition) is 5. The van der Waals surface area contributed by atoms with Crippen LogP contribution in [0, 0.1) is 0 Å². The lowest BCUT2D eigenvalue weighted by Gasteiger charge is -2.10. The molecule has 0 bridgehead atoms. The number of rotatable bonds is 6. The Hall–Kier alpha value is -4.46. The molecule has 0 aliphatic carbocycles. The van der Waals surface area contributed by atoms with Gasteiger partial charge in [-0.05, 0) is 53.1 Å². The van der Waals surface area contributed by atoms with E-state index in [0.29, 0.717) is 28.1 Å². The predicted molar refractivity (Wildman–Crippen MR) is 115 cm³/mol. The van der Waals surface area contributed by atoms with E-state index >= 15 is 0 Å². The molecule has 0 atom stereocenters. The summed E-state index contributed by atoms with van der Waals surface area (Å²) in [5.41, 5.74) is 9.65. The minimum absolute atomic E-state index is 0.0616. The highest BCUT2D eigenvalue weighted by Crippen LogP contribution is 2.27. The van der Waals surface area contributed by atoms with E-state index in [4.69, 9.17) is 5.73 Å². The van der Waals surface area contributed by atoms with Gasteiger partial charge in [0.05, 0.1) is 23.9 Å². The van der Waals surface area contributed by atoms with Crippen LogP contribution in [0.5, 0.6) is 0 Å². The van der Waals surface area contributed by atoms with Crippen molar-refractivity contribution in [2.45, 2.75) is 6.54 Å². The average molecular weight is 414 g/mol. The molecule has 4 aromatic rings. The van der Waals surface area contributed by atoms with Crippen molar-refractivity contribution in [2.75, 3.05) is 5.73 Å². The topological polar surface area (TPSA) is 131 Å². The van der Waals surface area contributed by atoms with Gasteiger partial charge in [-0.15, -0.1) is 5.10 Å². The number of carboxylic acid groups (broad SMARTS) is 2. The fourth-order valence-electron chi connectivity index (χ4n) is 3.33. The maximum absolute atomic E-state index is 11.7. The summed E-state index contributed by atoms with van der Waals surface area (Å²) >= 11 is 0. The van der Waals surface area contributed by atoms with E-state index in [1.54, 1.807) is 53.3 Å². The number of anilines is 1. The van der Waals surface area contributed by atoms with Crippen molar-refractivity contribution in [2.24, 2.45) is 0 Å². The normalized spacial score (nSPS) is 10.7. The predicted octanol–water partition coefficient (Wildman–Crippen LogP) is 3.64. The van der Waals surface area contributed by atoms with E-state index in [1.807, 2.05) is 12.1 Å². The molecular weight excluding hydrogens is 396 g/mol. The summed E-state index contributed by atoms with van der Waals surface area (Å²) in [6, 6.07) is 18.5. The molecule has 0 fully saturated rings. The lowest BCUT2D eigenvalue weighted by atomic mass is 9.96. The Labute approximate surface area is 177 Å². The van der Waals surface area contributed by atoms with Gasteiger partial charge in [0, 0.05) is 11.3 Å². The van der Waals surface area contributed by atoms with Gasteiger partial charge in [-0.2, -0.15) is 0 Å². The van der Waals surface area contributed by atoms with Crippen LogP contribution in [-0.2, 0) is 6.54 Å². The van der Waals surface area contributed by atoms with Crippen LogP contribution in [0.15, 0.2) is 72.9 Å². The molecule has 8 nitrogen and oxygen atoms in total. The second-order valence-electron chi connectivity index (χ2n) is 7.00. The van der Waals surface area contributed by atoms with Crippen LogP contribution in [0.1, 0.15) is 26.3 Å². The molecule has 1 heterocycles. The number of hydrogen-bond donors (Lipinski definition) is 3. The minimum Gasteiger partial charge on any atom is -0.478 e. The first-order valence-electron chi connectivity index (χ1n) is 9.37. The molecule has 1 aromatic heterocycles. The molecule has 0 spiro atoms. The smallest absolute Gasteiger partial charge is 0.336 e. The summed E-state index contributed by atoms with van der Waals surface area (Å²) in [5, 5.41) is 27.3. The van der Waals surface area contributed by atoms with Crippen molar-refractivity contribution in [3.63, 3.8) is 0 Å². The van der Waals surface area contributed by atoms with E-state index in [9.17, 15) is 19.8 Å². The maximum atomic E-state index is 11.7. The van der Waals surface area contributed by atoms with Gasteiger partial charge in [0.1, 0.15) is 5.69 Å². The van der Waals surface area contributed by atoms with E-state index < -0.39 is 11.9 Å². The number of carbonyl (C=O) groups is 2. The van der Waals surface area contributed by atoms with Gasteiger partial charge in [-0.3, -0.25) is 0 Å². The van der Waals surface area contributed by atoms with Gasteiger partial charge in [0.25, 0.3) is 0 Å². The zero-order chi connectivity index (χ0) is 22.0. The average Bonchev–Trinajstić information content (AvgIpc) is 3.22. The van der Waals surface area contributed by atoms with E-state index in [0.717, 1.165) is 5.56 Å². The Morgan fingerprint density at radius 1 is 0.903 bits per heavy atom. The molecule has 0 saturated heterocycles. The first-order chi connectivity index (χ1) is 14.9. The third-order valence-electron chi connectivity index (χ3n) is 4.80. The van der Waals surface area contributed by atoms with Crippen LogP contribution in [0.4, 0.5) is 5.69 Å². The Morgan fingerprint density at radius 3 is 2.35 bits per heavy atom. The van der Waals surface area contributed by atoms with E-state index in [-0.39, 0.29) is 17.7 Å². The summed E-state index contributed by atoms with van der Waals surface area (Å²) < 4.78 is 1.60. The first kappa shape index (κ1) is 19.8. The van der Waals surface area contributed by atoms with Crippen LogP contribution in [0.3, 0.4) is 0 Å². The van der Waals surface area contributed by atoms with Crippen molar-refractivity contribution >= 4 is 17.6 Å². The Morgan fingerprint density at radius 2 is 1.65 bits per heavy atom. The highest BCUT2D eigenvalue weighted by atomic mass is 16.4. The minimum atomic E-state index is -1.10. The molecule has 0 unspecified atom stereocenters. The van der Waals surface area contributed by atoms with E-state index in [2.05, 4.69) is 10.3 Å². The number of nitrogens with zero attached hydrogens (tertiary/aromatic N) is 3. The van der Waals surface area contributed by atoms with Gasteiger partial charge in [-0.25, -0.2) is 14.3 Å². The molecule has 31 heavy (non-hydrogen) atoms. The van der Waals surface area contributed by atoms with Gasteiger partial charge in [0.15, 0.2) is 0 Å². The molecule has 8 heteroatoms. The molecule has 4 rings (SSSR count). The van der Waals surface area contributed by atoms with Crippen LogP contribution in [0.25, 0.3) is 22.4 Å². The molecule has 154 valence electrons.